The zero-order valence-electron chi connectivity index (χ0n) is 20.0. The summed E-state index contributed by atoms with van der Waals surface area (Å²) in [5.41, 5.74) is 3.02. The van der Waals surface area contributed by atoms with Crippen LogP contribution in [0.5, 0.6) is 5.75 Å². The first-order valence-corrected chi connectivity index (χ1v) is 13.7. The van der Waals surface area contributed by atoms with Crippen LogP contribution >= 0.6 is 0 Å². The SMILES string of the molecule is COc1ccc(S(=O)(=O)N2CCCCC2)cc1CCC(=O)NCc1ccc(N2CCCC2)cc1. The molecule has 34 heavy (non-hydrogen) atoms. The molecule has 2 aliphatic heterocycles. The summed E-state index contributed by atoms with van der Waals surface area (Å²) in [6.07, 6.45) is 6.01. The number of benzene rings is 2. The first-order valence-electron chi connectivity index (χ1n) is 12.2. The summed E-state index contributed by atoms with van der Waals surface area (Å²) in [5.74, 6) is 0.526. The van der Waals surface area contributed by atoms with Crippen molar-refractivity contribution in [2.75, 3.05) is 38.2 Å². The number of carbonyl (C=O) groups is 1. The lowest BCUT2D eigenvalue weighted by Crippen LogP contribution is -2.35. The van der Waals surface area contributed by atoms with Gasteiger partial charge in [0.1, 0.15) is 5.75 Å². The van der Waals surface area contributed by atoms with E-state index >= 15 is 0 Å². The zero-order valence-corrected chi connectivity index (χ0v) is 20.8. The highest BCUT2D eigenvalue weighted by Crippen LogP contribution is 2.27. The highest BCUT2D eigenvalue weighted by Gasteiger charge is 2.26. The maximum Gasteiger partial charge on any atom is 0.243 e. The summed E-state index contributed by atoms with van der Waals surface area (Å²) in [6, 6.07) is 13.3. The molecule has 7 nitrogen and oxygen atoms in total. The van der Waals surface area contributed by atoms with E-state index < -0.39 is 10.0 Å². The van der Waals surface area contributed by atoms with Crippen molar-refractivity contribution in [3.05, 3.63) is 53.6 Å². The van der Waals surface area contributed by atoms with Crippen LogP contribution in [0.1, 0.15) is 49.7 Å². The van der Waals surface area contributed by atoms with Gasteiger partial charge in [-0.3, -0.25) is 4.79 Å². The molecule has 2 saturated heterocycles. The molecule has 4 rings (SSSR count). The number of amides is 1. The van der Waals surface area contributed by atoms with Crippen LogP contribution in [0.4, 0.5) is 5.69 Å². The van der Waals surface area contributed by atoms with E-state index in [1.807, 2.05) is 0 Å². The van der Waals surface area contributed by atoms with Gasteiger partial charge >= 0.3 is 0 Å². The molecule has 0 aromatic heterocycles. The minimum atomic E-state index is -3.53. The Morgan fingerprint density at radius 3 is 2.29 bits per heavy atom. The Morgan fingerprint density at radius 2 is 1.62 bits per heavy atom. The van der Waals surface area contributed by atoms with Crippen LogP contribution in [-0.2, 0) is 27.8 Å². The van der Waals surface area contributed by atoms with Crippen LogP contribution in [-0.4, -0.2) is 51.9 Å². The van der Waals surface area contributed by atoms with E-state index in [-0.39, 0.29) is 17.2 Å². The van der Waals surface area contributed by atoms with Crippen LogP contribution in [0, 0.1) is 0 Å². The van der Waals surface area contributed by atoms with Crippen molar-refractivity contribution in [1.82, 2.24) is 9.62 Å². The molecule has 0 bridgehead atoms. The van der Waals surface area contributed by atoms with Crippen molar-refractivity contribution >= 4 is 21.6 Å². The van der Waals surface area contributed by atoms with Crippen molar-refractivity contribution in [2.24, 2.45) is 0 Å². The fourth-order valence-corrected chi connectivity index (χ4v) is 6.27. The van der Waals surface area contributed by atoms with Crippen molar-refractivity contribution < 1.29 is 17.9 Å². The van der Waals surface area contributed by atoms with E-state index in [0.717, 1.165) is 43.5 Å². The Bertz CT molecular complexity index is 1070. The summed E-state index contributed by atoms with van der Waals surface area (Å²) in [5, 5.41) is 2.97. The highest BCUT2D eigenvalue weighted by atomic mass is 32.2. The minimum absolute atomic E-state index is 0.0741. The van der Waals surface area contributed by atoms with Gasteiger partial charge in [-0.05, 0) is 73.6 Å². The molecule has 0 saturated carbocycles. The minimum Gasteiger partial charge on any atom is -0.496 e. The second-order valence-corrected chi connectivity index (χ2v) is 11.0. The molecule has 0 spiro atoms. The van der Waals surface area contributed by atoms with Gasteiger partial charge in [0.05, 0.1) is 12.0 Å². The fraction of sp³-hybridized carbons (Fsp3) is 0.500. The zero-order chi connectivity index (χ0) is 24.0. The summed E-state index contributed by atoms with van der Waals surface area (Å²) in [6.45, 7) is 3.82. The van der Waals surface area contributed by atoms with Crippen LogP contribution in [0.3, 0.4) is 0 Å². The lowest BCUT2D eigenvalue weighted by molar-refractivity contribution is -0.121. The molecule has 2 aromatic rings. The monoisotopic (exact) mass is 485 g/mol. The average Bonchev–Trinajstić information content (AvgIpc) is 3.42. The predicted molar refractivity (Wildman–Crippen MR) is 134 cm³/mol. The molecule has 0 aliphatic carbocycles. The van der Waals surface area contributed by atoms with E-state index in [0.29, 0.717) is 31.8 Å². The summed E-state index contributed by atoms with van der Waals surface area (Å²) < 4.78 is 33.1. The van der Waals surface area contributed by atoms with E-state index in [1.165, 1.54) is 18.5 Å². The van der Waals surface area contributed by atoms with Gasteiger partial charge in [0, 0.05) is 44.8 Å². The fourth-order valence-electron chi connectivity index (χ4n) is 4.70. The topological polar surface area (TPSA) is 79.0 Å². The van der Waals surface area contributed by atoms with Gasteiger partial charge in [-0.15, -0.1) is 0 Å². The first-order chi connectivity index (χ1) is 16.5. The number of hydrogen-bond acceptors (Lipinski definition) is 5. The second kappa shape index (κ2) is 11.2. The van der Waals surface area contributed by atoms with E-state index in [2.05, 4.69) is 34.5 Å². The smallest absolute Gasteiger partial charge is 0.243 e. The molecule has 0 unspecified atom stereocenters. The van der Waals surface area contributed by atoms with Gasteiger partial charge in [-0.2, -0.15) is 4.31 Å². The molecule has 1 amide bonds. The number of carbonyl (C=O) groups excluding carboxylic acids is 1. The quantitative estimate of drug-likeness (QED) is 0.586. The van der Waals surface area contributed by atoms with Crippen LogP contribution in [0.15, 0.2) is 47.4 Å². The van der Waals surface area contributed by atoms with Gasteiger partial charge in [-0.1, -0.05) is 18.6 Å². The van der Waals surface area contributed by atoms with Crippen molar-refractivity contribution in [3.63, 3.8) is 0 Å². The van der Waals surface area contributed by atoms with Gasteiger partial charge in [0.2, 0.25) is 15.9 Å². The number of piperidine rings is 1. The predicted octanol–water partition coefficient (Wildman–Crippen LogP) is 3.72. The van der Waals surface area contributed by atoms with Crippen LogP contribution in [0.25, 0.3) is 0 Å². The molecular weight excluding hydrogens is 450 g/mol. The van der Waals surface area contributed by atoms with Crippen LogP contribution in [0.2, 0.25) is 0 Å². The lowest BCUT2D eigenvalue weighted by atomic mass is 10.1. The van der Waals surface area contributed by atoms with E-state index in [1.54, 1.807) is 29.6 Å². The second-order valence-electron chi connectivity index (χ2n) is 9.08. The Balaban J connectivity index is 1.33. The molecule has 184 valence electrons. The third-order valence-corrected chi connectivity index (χ3v) is 8.62. The molecule has 1 N–H and O–H groups in total. The van der Waals surface area contributed by atoms with Crippen molar-refractivity contribution in [1.29, 1.82) is 0 Å². The number of ether oxygens (including phenoxy) is 1. The lowest BCUT2D eigenvalue weighted by Gasteiger charge is -2.26. The number of sulfonamides is 1. The Kier molecular flexibility index (Phi) is 8.11. The molecular formula is C26H35N3O4S. The summed E-state index contributed by atoms with van der Waals surface area (Å²) in [7, 11) is -1.97. The Labute approximate surface area is 203 Å². The van der Waals surface area contributed by atoms with Crippen molar-refractivity contribution in [3.8, 4) is 5.75 Å². The molecule has 0 radical (unpaired) electrons. The standard InChI is InChI=1S/C26H35N3O4S/c1-33-25-13-12-24(34(31,32)29-17-3-2-4-18-29)19-22(25)9-14-26(30)27-20-21-7-10-23(11-8-21)28-15-5-6-16-28/h7-8,10-13,19H,2-6,9,14-18,20H2,1H3,(H,27,30). The van der Waals surface area contributed by atoms with E-state index in [4.69, 9.17) is 4.74 Å². The number of rotatable bonds is 9. The Morgan fingerprint density at radius 1 is 0.941 bits per heavy atom. The van der Waals surface area contributed by atoms with Gasteiger partial charge < -0.3 is 15.0 Å². The maximum absolute atomic E-state index is 13.0. The van der Waals surface area contributed by atoms with Crippen LogP contribution < -0.4 is 15.0 Å². The summed E-state index contributed by atoms with van der Waals surface area (Å²) in [4.78, 5) is 15.2. The molecule has 0 atom stereocenters. The van der Waals surface area contributed by atoms with Crippen molar-refractivity contribution in [2.45, 2.75) is 56.4 Å². The molecule has 2 heterocycles. The van der Waals surface area contributed by atoms with Gasteiger partial charge in [0.25, 0.3) is 0 Å². The van der Waals surface area contributed by atoms with Gasteiger partial charge in [0.15, 0.2) is 0 Å². The number of methoxy groups -OCH3 is 1. The number of hydrogen-bond donors (Lipinski definition) is 1. The largest absolute Gasteiger partial charge is 0.496 e. The molecule has 8 heteroatoms. The third kappa shape index (κ3) is 5.91. The summed E-state index contributed by atoms with van der Waals surface area (Å²) >= 11 is 0. The van der Waals surface area contributed by atoms with E-state index in [9.17, 15) is 13.2 Å². The Hall–Kier alpha value is -2.58. The number of nitrogens with zero attached hydrogens (tertiary/aromatic N) is 2. The maximum atomic E-state index is 13.0. The average molecular weight is 486 g/mol. The molecule has 2 aliphatic rings. The number of anilines is 1. The third-order valence-electron chi connectivity index (χ3n) is 6.72. The number of nitrogens with one attached hydrogen (secondary N) is 1. The highest BCUT2D eigenvalue weighted by molar-refractivity contribution is 7.89. The van der Waals surface area contributed by atoms with Gasteiger partial charge in [-0.25, -0.2) is 8.42 Å². The normalized spacial score (nSPS) is 17.0. The molecule has 2 fully saturated rings. The first kappa shape index (κ1) is 24.5. The number of aryl methyl sites for hydroxylation is 1. The molecule has 2 aromatic carbocycles.